The number of halogens is 7. The van der Waals surface area contributed by atoms with Gasteiger partial charge in [-0.3, -0.25) is 9.48 Å². The van der Waals surface area contributed by atoms with Crippen molar-refractivity contribution in [3.8, 4) is 11.4 Å². The third-order valence-corrected chi connectivity index (χ3v) is 8.73. The van der Waals surface area contributed by atoms with Gasteiger partial charge in [0.25, 0.3) is 5.91 Å². The lowest BCUT2D eigenvalue weighted by Crippen LogP contribution is -2.49. The second-order valence-electron chi connectivity index (χ2n) is 9.16. The van der Waals surface area contributed by atoms with Crippen molar-refractivity contribution in [1.82, 2.24) is 24.9 Å². The number of carbonyl (C=O) groups excluding carboxylic acids is 1. The standard InChI is InChI=1S/C26H22F4I2N6O.ClH/c1-36(25(39)19-7-6-15(27)12-20(19)26(28,29)30)16-9-11-37(22(32)13-16)24-18-5-3-2-4-17(18)23(34-35-24)21-8-10-33-38(21)14-31;/h2-8,10,12,16,22H,9,11,13-14H2,1H3;1H. The van der Waals surface area contributed by atoms with Gasteiger partial charge in [0, 0.05) is 36.6 Å². The van der Waals surface area contributed by atoms with Gasteiger partial charge in [-0.05, 0) is 37.1 Å². The van der Waals surface area contributed by atoms with Crippen LogP contribution in [0, 0.1) is 5.82 Å². The summed E-state index contributed by atoms with van der Waals surface area (Å²) in [7, 11) is 1.50. The molecular weight excluding hydrogens is 778 g/mol. The van der Waals surface area contributed by atoms with Crippen molar-refractivity contribution in [1.29, 1.82) is 0 Å². The van der Waals surface area contributed by atoms with Crippen LogP contribution in [0.4, 0.5) is 23.4 Å². The van der Waals surface area contributed by atoms with Gasteiger partial charge in [-0.25, -0.2) is 4.39 Å². The summed E-state index contributed by atoms with van der Waals surface area (Å²) in [6, 6.07) is 11.6. The molecule has 0 spiro atoms. The topological polar surface area (TPSA) is 67.2 Å². The number of hydrogen-bond acceptors (Lipinski definition) is 5. The summed E-state index contributed by atoms with van der Waals surface area (Å²) in [4.78, 5) is 16.6. The molecule has 0 N–H and O–H groups in total. The van der Waals surface area contributed by atoms with Crippen molar-refractivity contribution in [2.45, 2.75) is 33.7 Å². The quantitative estimate of drug-likeness (QED) is 0.0946. The van der Waals surface area contributed by atoms with Crippen LogP contribution >= 0.6 is 57.6 Å². The number of hydrogen-bond donors (Lipinski definition) is 0. The molecular formula is C26H23ClF4I2N6O. The van der Waals surface area contributed by atoms with Gasteiger partial charge in [0.2, 0.25) is 0 Å². The fourth-order valence-electron chi connectivity index (χ4n) is 4.90. The molecule has 4 aromatic rings. The van der Waals surface area contributed by atoms with E-state index < -0.39 is 29.0 Å². The molecule has 1 aliphatic heterocycles. The Bertz CT molecular complexity index is 1530. The molecule has 14 heteroatoms. The number of fused-ring (bicyclic) bond motifs is 1. The fourth-order valence-corrected chi connectivity index (χ4v) is 6.57. The van der Waals surface area contributed by atoms with E-state index in [9.17, 15) is 22.4 Å². The minimum Gasteiger partial charge on any atom is -0.343 e. The van der Waals surface area contributed by atoms with Crippen LogP contribution in [-0.4, -0.2) is 54.5 Å². The van der Waals surface area contributed by atoms with Crippen LogP contribution in [0.2, 0.25) is 0 Å². The van der Waals surface area contributed by atoms with Crippen LogP contribution < -0.4 is 4.90 Å². The van der Waals surface area contributed by atoms with Gasteiger partial charge in [-0.15, -0.1) is 22.6 Å². The number of piperidine rings is 1. The fraction of sp³-hybridized carbons (Fsp3) is 0.308. The molecule has 40 heavy (non-hydrogen) atoms. The van der Waals surface area contributed by atoms with Crippen molar-refractivity contribution >= 4 is 80.1 Å². The smallest absolute Gasteiger partial charge is 0.343 e. The Balaban J connectivity index is 0.00000370. The van der Waals surface area contributed by atoms with E-state index in [1.165, 1.54) is 11.9 Å². The third kappa shape index (κ3) is 5.86. The molecule has 1 amide bonds. The number of aromatic nitrogens is 4. The minimum atomic E-state index is -4.84. The average Bonchev–Trinajstić information content (AvgIpc) is 3.40. The van der Waals surface area contributed by atoms with Crippen LogP contribution in [0.5, 0.6) is 0 Å². The molecule has 212 valence electrons. The highest BCUT2D eigenvalue weighted by Gasteiger charge is 2.38. The van der Waals surface area contributed by atoms with E-state index in [0.717, 1.165) is 34.3 Å². The van der Waals surface area contributed by atoms with Crippen LogP contribution in [0.1, 0.15) is 28.8 Å². The van der Waals surface area contributed by atoms with Gasteiger partial charge in [-0.2, -0.15) is 18.3 Å². The predicted octanol–water partition coefficient (Wildman–Crippen LogP) is 6.97. The Morgan fingerprint density at radius 3 is 2.52 bits per heavy atom. The van der Waals surface area contributed by atoms with Crippen molar-refractivity contribution in [2.75, 3.05) is 18.5 Å². The van der Waals surface area contributed by atoms with Crippen molar-refractivity contribution in [3.05, 3.63) is 71.7 Å². The Labute approximate surface area is 261 Å². The van der Waals surface area contributed by atoms with Crippen LogP contribution in [0.3, 0.4) is 0 Å². The zero-order valence-corrected chi connectivity index (χ0v) is 26.1. The van der Waals surface area contributed by atoms with E-state index in [4.69, 9.17) is 0 Å². The Kier molecular flexibility index (Phi) is 9.44. The zero-order valence-electron chi connectivity index (χ0n) is 20.9. The first-order valence-electron chi connectivity index (χ1n) is 12.0. The maximum Gasteiger partial charge on any atom is 0.417 e. The first-order chi connectivity index (χ1) is 18.6. The normalized spacial score (nSPS) is 17.5. The monoisotopic (exact) mass is 800 g/mol. The summed E-state index contributed by atoms with van der Waals surface area (Å²) in [5.74, 6) is -1.12. The van der Waals surface area contributed by atoms with Crippen molar-refractivity contribution in [2.24, 2.45) is 0 Å². The highest BCUT2D eigenvalue weighted by atomic mass is 127. The Morgan fingerprint density at radius 2 is 1.85 bits per heavy atom. The van der Waals surface area contributed by atoms with Crippen LogP contribution in [-0.2, 0) is 10.7 Å². The number of carbonyl (C=O) groups is 1. The first-order valence-corrected chi connectivity index (χ1v) is 14.8. The van der Waals surface area contributed by atoms with Crippen LogP contribution in [0.15, 0.2) is 54.7 Å². The number of benzene rings is 2. The highest BCUT2D eigenvalue weighted by Crippen LogP contribution is 2.37. The zero-order chi connectivity index (χ0) is 27.9. The number of amides is 1. The van der Waals surface area contributed by atoms with E-state index in [0.29, 0.717) is 35.8 Å². The highest BCUT2D eigenvalue weighted by molar-refractivity contribution is 14.1. The second-order valence-corrected chi connectivity index (χ2v) is 11.3. The maximum absolute atomic E-state index is 13.6. The lowest BCUT2D eigenvalue weighted by molar-refractivity contribution is -0.138. The number of nitrogens with zero attached hydrogens (tertiary/aromatic N) is 6. The maximum atomic E-state index is 13.6. The van der Waals surface area contributed by atoms with Gasteiger partial charge >= 0.3 is 6.18 Å². The second kappa shape index (κ2) is 12.3. The van der Waals surface area contributed by atoms with E-state index in [2.05, 4.69) is 65.4 Å². The molecule has 2 atom stereocenters. The number of rotatable bonds is 5. The molecule has 3 heterocycles. The predicted molar refractivity (Wildman–Crippen MR) is 164 cm³/mol. The lowest BCUT2D eigenvalue weighted by Gasteiger charge is -2.41. The lowest BCUT2D eigenvalue weighted by atomic mass is 10.00. The van der Waals surface area contributed by atoms with E-state index in [1.54, 1.807) is 6.20 Å². The van der Waals surface area contributed by atoms with Gasteiger partial charge in [0.15, 0.2) is 5.82 Å². The van der Waals surface area contributed by atoms with Crippen LogP contribution in [0.25, 0.3) is 22.2 Å². The summed E-state index contributed by atoms with van der Waals surface area (Å²) < 4.78 is 56.5. The minimum absolute atomic E-state index is 0. The molecule has 2 aromatic heterocycles. The molecule has 1 aliphatic rings. The molecule has 0 saturated carbocycles. The number of alkyl halides is 5. The molecule has 1 saturated heterocycles. The van der Waals surface area contributed by atoms with Gasteiger partial charge in [0.1, 0.15) is 11.5 Å². The third-order valence-electron chi connectivity index (χ3n) is 6.91. The summed E-state index contributed by atoms with van der Waals surface area (Å²) in [6.45, 7) is 0.523. The van der Waals surface area contributed by atoms with Gasteiger partial charge in [0.05, 0.1) is 25.4 Å². The molecule has 0 bridgehead atoms. The summed E-state index contributed by atoms with van der Waals surface area (Å²) in [5, 5.41) is 15.4. The molecule has 1 fully saturated rings. The Hall–Kier alpha value is -2.27. The molecule has 2 aromatic carbocycles. The van der Waals surface area contributed by atoms with Gasteiger partial charge < -0.3 is 9.80 Å². The summed E-state index contributed by atoms with van der Waals surface area (Å²) in [5.41, 5.74) is -0.234. The Morgan fingerprint density at radius 1 is 1.12 bits per heavy atom. The SMILES string of the molecule is CN(C(=O)c1ccc(F)cc1C(F)(F)F)C1CCN(c2nnc(-c3ccnn3CI)c3ccccc23)C(I)C1.Cl. The molecule has 0 radical (unpaired) electrons. The summed E-state index contributed by atoms with van der Waals surface area (Å²) in [6.07, 6.45) is -2.09. The summed E-state index contributed by atoms with van der Waals surface area (Å²) >= 11 is 4.51. The number of anilines is 1. The van der Waals surface area contributed by atoms with E-state index >= 15 is 0 Å². The molecule has 7 nitrogen and oxygen atoms in total. The first kappa shape index (κ1) is 30.7. The van der Waals surface area contributed by atoms with E-state index in [1.807, 2.05) is 35.0 Å². The molecule has 2 unspecified atom stereocenters. The van der Waals surface area contributed by atoms with Gasteiger partial charge in [-0.1, -0.05) is 69.4 Å². The molecule has 5 rings (SSSR count). The van der Waals surface area contributed by atoms with Crippen molar-refractivity contribution in [3.63, 3.8) is 0 Å². The largest absolute Gasteiger partial charge is 0.417 e. The molecule has 0 aliphatic carbocycles. The van der Waals surface area contributed by atoms with Crippen molar-refractivity contribution < 1.29 is 22.4 Å². The van der Waals surface area contributed by atoms with E-state index in [-0.39, 0.29) is 22.5 Å². The average molecular weight is 801 g/mol.